The van der Waals surface area contributed by atoms with E-state index in [1.807, 2.05) is 0 Å². The van der Waals surface area contributed by atoms with Gasteiger partial charge in [-0.15, -0.1) is 0 Å². The molecule has 0 atom stereocenters. The lowest BCUT2D eigenvalue weighted by atomic mass is 10.0. The zero-order chi connectivity index (χ0) is 21.5. The topological polar surface area (TPSA) is 66.5 Å². The van der Waals surface area contributed by atoms with Gasteiger partial charge in [0.15, 0.2) is 9.84 Å². The number of carbonyl (C=O) groups excluding carboxylic acids is 1. The van der Waals surface area contributed by atoms with Gasteiger partial charge in [0.2, 0.25) is 0 Å². The number of anilines is 1. The number of halogens is 3. The molecule has 4 rings (SSSR count). The molecule has 2 aromatic rings. The maximum absolute atomic E-state index is 13.3. The predicted molar refractivity (Wildman–Crippen MR) is 121 cm³/mol. The van der Waals surface area contributed by atoms with Gasteiger partial charge in [0.25, 0.3) is 5.91 Å². The summed E-state index contributed by atoms with van der Waals surface area (Å²) in [7, 11) is -3.56. The summed E-state index contributed by atoms with van der Waals surface area (Å²) in [5.74, 6) is -0.542. The number of fused-ring (bicyclic) bond motifs is 1. The smallest absolute Gasteiger partial charge is 0.253 e. The second kappa shape index (κ2) is 8.42. The molecule has 2 aliphatic rings. The van der Waals surface area contributed by atoms with E-state index in [9.17, 15) is 13.2 Å². The minimum absolute atomic E-state index is 0.0947. The van der Waals surface area contributed by atoms with Gasteiger partial charge >= 0.3 is 0 Å². The SMILES string of the molecule is O=C(Nc1ccc(Cl)cc1Cl)C1=C(N2CCCC2)c2cc(Cl)ccc2S(=O)(=O)CC1. The van der Waals surface area contributed by atoms with Crippen molar-refractivity contribution in [1.82, 2.24) is 4.90 Å². The molecule has 0 aromatic heterocycles. The molecule has 30 heavy (non-hydrogen) atoms. The lowest BCUT2D eigenvalue weighted by Crippen LogP contribution is -2.24. The minimum atomic E-state index is -3.56. The van der Waals surface area contributed by atoms with Crippen LogP contribution in [-0.4, -0.2) is 38.1 Å². The van der Waals surface area contributed by atoms with Crippen LogP contribution < -0.4 is 5.32 Å². The molecule has 0 saturated carbocycles. The summed E-state index contributed by atoms with van der Waals surface area (Å²) in [6.07, 6.45) is 2.05. The van der Waals surface area contributed by atoms with Crippen molar-refractivity contribution in [2.75, 3.05) is 24.2 Å². The first kappa shape index (κ1) is 21.5. The summed E-state index contributed by atoms with van der Waals surface area (Å²) in [5.41, 5.74) is 1.94. The molecule has 1 N–H and O–H groups in total. The predicted octanol–water partition coefficient (Wildman–Crippen LogP) is 5.27. The van der Waals surface area contributed by atoms with Gasteiger partial charge in [-0.1, -0.05) is 34.8 Å². The molecule has 9 heteroatoms. The number of amides is 1. The quantitative estimate of drug-likeness (QED) is 0.643. The summed E-state index contributed by atoms with van der Waals surface area (Å²) in [6, 6.07) is 9.53. The number of nitrogens with one attached hydrogen (secondary N) is 1. The van der Waals surface area contributed by atoms with Crippen molar-refractivity contribution in [3.8, 4) is 0 Å². The van der Waals surface area contributed by atoms with Gasteiger partial charge < -0.3 is 10.2 Å². The Morgan fingerprint density at radius 3 is 2.33 bits per heavy atom. The molecule has 0 radical (unpaired) electrons. The molecular formula is C21H19Cl3N2O3S. The average Bonchev–Trinajstić information content (AvgIpc) is 3.17. The molecule has 1 amide bonds. The van der Waals surface area contributed by atoms with E-state index in [2.05, 4.69) is 10.2 Å². The van der Waals surface area contributed by atoms with Crippen molar-refractivity contribution in [2.45, 2.75) is 24.2 Å². The summed E-state index contributed by atoms with van der Waals surface area (Å²) < 4.78 is 25.9. The Hall–Kier alpha value is -1.73. The number of rotatable bonds is 3. The highest BCUT2D eigenvalue weighted by Gasteiger charge is 2.33. The summed E-state index contributed by atoms with van der Waals surface area (Å²) in [5, 5.41) is 4.01. The van der Waals surface area contributed by atoms with Crippen LogP contribution in [0.2, 0.25) is 15.1 Å². The first-order valence-electron chi connectivity index (χ1n) is 9.53. The molecular weight excluding hydrogens is 467 g/mol. The van der Waals surface area contributed by atoms with Crippen molar-refractivity contribution in [3.63, 3.8) is 0 Å². The van der Waals surface area contributed by atoms with Gasteiger partial charge in [-0.2, -0.15) is 0 Å². The molecule has 2 aliphatic heterocycles. The van der Waals surface area contributed by atoms with Gasteiger partial charge in [-0.05, 0) is 55.7 Å². The molecule has 2 heterocycles. The minimum Gasteiger partial charge on any atom is -0.371 e. The second-order valence-corrected chi connectivity index (χ2v) is 10.7. The largest absolute Gasteiger partial charge is 0.371 e. The molecule has 158 valence electrons. The fourth-order valence-electron chi connectivity index (χ4n) is 3.90. The molecule has 0 bridgehead atoms. The second-order valence-electron chi connectivity index (χ2n) is 7.31. The van der Waals surface area contributed by atoms with Crippen LogP contribution in [-0.2, 0) is 14.6 Å². The Morgan fingerprint density at radius 1 is 0.967 bits per heavy atom. The Kier molecular flexibility index (Phi) is 6.04. The Balaban J connectivity index is 1.85. The van der Waals surface area contributed by atoms with Crippen LogP contribution in [0.15, 0.2) is 46.9 Å². The number of benzene rings is 2. The molecule has 1 fully saturated rings. The lowest BCUT2D eigenvalue weighted by molar-refractivity contribution is -0.112. The Labute approximate surface area is 190 Å². The van der Waals surface area contributed by atoms with Crippen molar-refractivity contribution in [2.24, 2.45) is 0 Å². The maximum Gasteiger partial charge on any atom is 0.253 e. The highest BCUT2D eigenvalue weighted by atomic mass is 35.5. The van der Waals surface area contributed by atoms with E-state index in [-0.39, 0.29) is 23.0 Å². The first-order chi connectivity index (χ1) is 14.3. The van der Waals surface area contributed by atoms with Crippen LogP contribution in [0.4, 0.5) is 5.69 Å². The van der Waals surface area contributed by atoms with Gasteiger partial charge in [0.05, 0.1) is 27.1 Å². The third-order valence-electron chi connectivity index (χ3n) is 5.31. The van der Waals surface area contributed by atoms with Crippen LogP contribution in [0.5, 0.6) is 0 Å². The number of sulfone groups is 1. The molecule has 0 unspecified atom stereocenters. The number of likely N-dealkylation sites (tertiary alicyclic amines) is 1. The highest BCUT2D eigenvalue weighted by Crippen LogP contribution is 2.38. The monoisotopic (exact) mass is 484 g/mol. The number of hydrogen-bond donors (Lipinski definition) is 1. The van der Waals surface area contributed by atoms with E-state index in [0.29, 0.717) is 37.6 Å². The van der Waals surface area contributed by atoms with Crippen molar-refractivity contribution in [1.29, 1.82) is 0 Å². The third kappa shape index (κ3) is 4.19. The molecule has 0 aliphatic carbocycles. The molecule has 2 aromatic carbocycles. The van der Waals surface area contributed by atoms with Gasteiger partial charge in [-0.3, -0.25) is 4.79 Å². The van der Waals surface area contributed by atoms with Crippen LogP contribution in [0.25, 0.3) is 5.70 Å². The normalized spacial score (nSPS) is 18.2. The molecule has 5 nitrogen and oxygen atoms in total. The number of carbonyl (C=O) groups is 1. The molecule has 0 spiro atoms. The standard InChI is InChI=1S/C21H19Cl3N2O3S/c22-13-4-6-19-16(11-13)20(26-8-1-2-9-26)15(7-10-30(19,28)29)21(27)25-18-5-3-14(23)12-17(18)24/h3-6,11-12H,1-2,7-10H2,(H,25,27). The number of hydrogen-bond acceptors (Lipinski definition) is 4. The van der Waals surface area contributed by atoms with E-state index in [4.69, 9.17) is 34.8 Å². The van der Waals surface area contributed by atoms with Crippen LogP contribution in [0.3, 0.4) is 0 Å². The number of nitrogens with zero attached hydrogens (tertiary/aromatic N) is 1. The van der Waals surface area contributed by atoms with Crippen LogP contribution in [0.1, 0.15) is 24.8 Å². The Morgan fingerprint density at radius 2 is 1.63 bits per heavy atom. The van der Waals surface area contributed by atoms with Crippen LogP contribution in [0, 0.1) is 0 Å². The lowest BCUT2D eigenvalue weighted by Gasteiger charge is -2.25. The van der Waals surface area contributed by atoms with Crippen LogP contribution >= 0.6 is 34.8 Å². The van der Waals surface area contributed by atoms with E-state index >= 15 is 0 Å². The van der Waals surface area contributed by atoms with Gasteiger partial charge in [0.1, 0.15) is 0 Å². The third-order valence-corrected chi connectivity index (χ3v) is 7.86. The average molecular weight is 486 g/mol. The van der Waals surface area contributed by atoms with Gasteiger partial charge in [-0.25, -0.2) is 8.42 Å². The Bertz CT molecular complexity index is 1160. The van der Waals surface area contributed by atoms with E-state index in [1.54, 1.807) is 30.3 Å². The zero-order valence-corrected chi connectivity index (χ0v) is 19.0. The maximum atomic E-state index is 13.3. The molecule has 1 saturated heterocycles. The summed E-state index contributed by atoms with van der Waals surface area (Å²) in [6.45, 7) is 1.50. The highest BCUT2D eigenvalue weighted by molar-refractivity contribution is 7.91. The van der Waals surface area contributed by atoms with Crippen molar-refractivity contribution in [3.05, 3.63) is 62.6 Å². The van der Waals surface area contributed by atoms with E-state index in [0.717, 1.165) is 25.9 Å². The first-order valence-corrected chi connectivity index (χ1v) is 12.3. The summed E-state index contributed by atoms with van der Waals surface area (Å²) >= 11 is 18.4. The summed E-state index contributed by atoms with van der Waals surface area (Å²) in [4.78, 5) is 15.6. The fraction of sp³-hybridized carbons (Fsp3) is 0.286. The van der Waals surface area contributed by atoms with E-state index < -0.39 is 9.84 Å². The van der Waals surface area contributed by atoms with E-state index in [1.165, 1.54) is 6.07 Å². The van der Waals surface area contributed by atoms with Gasteiger partial charge in [0, 0.05) is 34.3 Å². The van der Waals surface area contributed by atoms with Crippen molar-refractivity contribution < 1.29 is 13.2 Å². The van der Waals surface area contributed by atoms with Crippen molar-refractivity contribution >= 4 is 61.9 Å². The fourth-order valence-corrected chi connectivity index (χ4v) is 5.98. The zero-order valence-electron chi connectivity index (χ0n) is 15.9.